The monoisotopic (exact) mass is 520 g/mol. The Morgan fingerprint density at radius 3 is 2.44 bits per heavy atom. The van der Waals surface area contributed by atoms with E-state index >= 15 is 0 Å². The minimum Gasteiger partial charge on any atom is -0.493 e. The molecular formula is C25H39F3N2O6. The summed E-state index contributed by atoms with van der Waals surface area (Å²) < 4.78 is 49.4. The summed E-state index contributed by atoms with van der Waals surface area (Å²) in [6.45, 7) is 10.2. The standard InChI is InChI=1S/C23H38N2O4.C2HF3O2/c1-15-22(29-14-23(2,3)4)28-13-20(25-15)21(26)19(24)11-17-6-5-7-18(10-17)27-12-16-8-9-16;3-2(4,5)1(6)7/h5-7,10,15-16,19-22,25-26H,8-9,11-14,24H2,1-4H3;(H,6,7)/t15-,19-,20+,21-,22-;/m0./s1. The molecule has 0 unspecified atom stereocenters. The highest BCUT2D eigenvalue weighted by Gasteiger charge is 2.38. The Morgan fingerprint density at radius 2 is 1.92 bits per heavy atom. The fraction of sp³-hybridized carbons (Fsp3) is 0.720. The van der Waals surface area contributed by atoms with Crippen LogP contribution in [-0.4, -0.2) is 72.7 Å². The molecule has 1 aliphatic heterocycles. The second kappa shape index (κ2) is 13.0. The second-order valence-corrected chi connectivity index (χ2v) is 10.7. The van der Waals surface area contributed by atoms with Crippen LogP contribution in [0.4, 0.5) is 13.2 Å². The Balaban J connectivity index is 0.000000572. The number of aliphatic carboxylic acids is 1. The molecule has 1 saturated heterocycles. The van der Waals surface area contributed by atoms with Crippen LogP contribution in [0.25, 0.3) is 0 Å². The van der Waals surface area contributed by atoms with Crippen molar-refractivity contribution in [2.75, 3.05) is 19.8 Å². The van der Waals surface area contributed by atoms with Crippen molar-refractivity contribution in [1.82, 2.24) is 5.32 Å². The van der Waals surface area contributed by atoms with Crippen LogP contribution in [0.2, 0.25) is 0 Å². The number of hydrogen-bond acceptors (Lipinski definition) is 7. The quantitative estimate of drug-likeness (QED) is 0.392. The predicted molar refractivity (Wildman–Crippen MR) is 128 cm³/mol. The Hall–Kier alpha value is -1.92. The molecule has 1 aliphatic carbocycles. The first kappa shape index (κ1) is 30.3. The number of carboxylic acid groups (broad SMARTS) is 1. The molecule has 1 saturated carbocycles. The SMILES string of the molecule is C[C@@H]1N[C@@H]([C@@H](O)[C@@H](N)Cc2cccc(OCC3CC3)c2)CO[C@H]1OCC(C)(C)C.O=C(O)C(F)(F)F. The smallest absolute Gasteiger partial charge is 0.490 e. The van der Waals surface area contributed by atoms with Gasteiger partial charge in [-0.05, 0) is 55.2 Å². The zero-order valence-electron chi connectivity index (χ0n) is 21.3. The average Bonchev–Trinajstić information content (AvgIpc) is 3.60. The molecular weight excluding hydrogens is 481 g/mol. The van der Waals surface area contributed by atoms with Crippen molar-refractivity contribution in [3.8, 4) is 5.75 Å². The van der Waals surface area contributed by atoms with Crippen molar-refractivity contribution in [3.05, 3.63) is 29.8 Å². The van der Waals surface area contributed by atoms with Gasteiger partial charge in [-0.3, -0.25) is 0 Å². The number of nitrogens with two attached hydrogens (primary N) is 1. The Bertz CT molecular complexity index is 829. The zero-order chi connectivity index (χ0) is 27.1. The van der Waals surface area contributed by atoms with E-state index in [1.165, 1.54) is 12.8 Å². The molecule has 206 valence electrons. The number of ether oxygens (including phenoxy) is 3. The highest BCUT2D eigenvalue weighted by Crippen LogP contribution is 2.29. The maximum Gasteiger partial charge on any atom is 0.490 e. The lowest BCUT2D eigenvalue weighted by molar-refractivity contribution is -0.200. The number of rotatable bonds is 9. The van der Waals surface area contributed by atoms with E-state index in [1.54, 1.807) is 0 Å². The van der Waals surface area contributed by atoms with E-state index < -0.39 is 24.3 Å². The van der Waals surface area contributed by atoms with Gasteiger partial charge >= 0.3 is 12.1 Å². The number of aliphatic hydroxyl groups excluding tert-OH is 1. The van der Waals surface area contributed by atoms with Gasteiger partial charge in [0.1, 0.15) is 5.75 Å². The minimum absolute atomic E-state index is 0.0166. The van der Waals surface area contributed by atoms with Crippen molar-refractivity contribution in [2.45, 2.75) is 83.7 Å². The zero-order valence-corrected chi connectivity index (χ0v) is 21.3. The Kier molecular flexibility index (Phi) is 11.0. The number of carboxylic acids is 1. The molecule has 1 aromatic carbocycles. The van der Waals surface area contributed by atoms with Crippen LogP contribution in [-0.2, 0) is 20.7 Å². The summed E-state index contributed by atoms with van der Waals surface area (Å²) in [4.78, 5) is 8.90. The second-order valence-electron chi connectivity index (χ2n) is 10.7. The molecule has 0 aromatic heterocycles. The summed E-state index contributed by atoms with van der Waals surface area (Å²) in [7, 11) is 0. The lowest BCUT2D eigenvalue weighted by Gasteiger charge is -2.39. The summed E-state index contributed by atoms with van der Waals surface area (Å²) in [5.41, 5.74) is 7.49. The summed E-state index contributed by atoms with van der Waals surface area (Å²) >= 11 is 0. The van der Waals surface area contributed by atoms with Gasteiger partial charge in [0.25, 0.3) is 0 Å². The van der Waals surface area contributed by atoms with E-state index in [-0.39, 0.29) is 23.8 Å². The van der Waals surface area contributed by atoms with Crippen LogP contribution >= 0.6 is 0 Å². The van der Waals surface area contributed by atoms with Crippen molar-refractivity contribution < 1.29 is 42.4 Å². The highest BCUT2D eigenvalue weighted by molar-refractivity contribution is 5.73. The maximum absolute atomic E-state index is 10.8. The Labute approximate surface area is 210 Å². The Morgan fingerprint density at radius 1 is 1.28 bits per heavy atom. The molecule has 0 amide bonds. The fourth-order valence-corrected chi connectivity index (χ4v) is 3.48. The minimum atomic E-state index is -5.08. The fourth-order valence-electron chi connectivity index (χ4n) is 3.48. The first-order chi connectivity index (χ1) is 16.7. The van der Waals surface area contributed by atoms with E-state index in [0.29, 0.717) is 19.6 Å². The molecule has 2 fully saturated rings. The van der Waals surface area contributed by atoms with Gasteiger partial charge in [0.2, 0.25) is 0 Å². The van der Waals surface area contributed by atoms with Gasteiger partial charge in [-0.2, -0.15) is 13.2 Å². The lowest BCUT2D eigenvalue weighted by Crippen LogP contribution is -2.61. The molecule has 5 N–H and O–H groups in total. The molecule has 0 radical (unpaired) electrons. The third-order valence-corrected chi connectivity index (χ3v) is 5.65. The van der Waals surface area contributed by atoms with E-state index in [4.69, 9.17) is 29.8 Å². The number of carbonyl (C=O) groups is 1. The molecule has 3 rings (SSSR count). The van der Waals surface area contributed by atoms with Gasteiger partial charge in [0.05, 0.1) is 38.0 Å². The number of aliphatic hydroxyl groups is 1. The molecule has 1 heterocycles. The lowest BCUT2D eigenvalue weighted by atomic mass is 9.96. The van der Waals surface area contributed by atoms with Gasteiger partial charge in [0.15, 0.2) is 6.29 Å². The summed E-state index contributed by atoms with van der Waals surface area (Å²) in [6, 6.07) is 7.38. The summed E-state index contributed by atoms with van der Waals surface area (Å²) in [5.74, 6) is -1.16. The molecule has 1 aromatic rings. The van der Waals surface area contributed by atoms with Gasteiger partial charge in [-0.15, -0.1) is 0 Å². The van der Waals surface area contributed by atoms with E-state index in [0.717, 1.165) is 23.8 Å². The van der Waals surface area contributed by atoms with Gasteiger partial charge < -0.3 is 35.5 Å². The van der Waals surface area contributed by atoms with Crippen LogP contribution in [0.3, 0.4) is 0 Å². The first-order valence-electron chi connectivity index (χ1n) is 12.1. The van der Waals surface area contributed by atoms with Crippen LogP contribution in [0, 0.1) is 11.3 Å². The number of morpholine rings is 1. The summed E-state index contributed by atoms with van der Waals surface area (Å²) in [5, 5.41) is 21.3. The van der Waals surface area contributed by atoms with Crippen molar-refractivity contribution in [2.24, 2.45) is 17.1 Å². The molecule has 0 spiro atoms. The highest BCUT2D eigenvalue weighted by atomic mass is 19.4. The number of alkyl halides is 3. The van der Waals surface area contributed by atoms with Crippen molar-refractivity contribution in [1.29, 1.82) is 0 Å². The average molecular weight is 521 g/mol. The molecule has 2 aliphatic rings. The van der Waals surface area contributed by atoms with E-state index in [1.807, 2.05) is 31.2 Å². The maximum atomic E-state index is 10.8. The van der Waals surface area contributed by atoms with Crippen molar-refractivity contribution in [3.63, 3.8) is 0 Å². The van der Waals surface area contributed by atoms with Gasteiger partial charge in [-0.1, -0.05) is 32.9 Å². The number of hydrogen-bond donors (Lipinski definition) is 4. The first-order valence-corrected chi connectivity index (χ1v) is 12.1. The van der Waals surface area contributed by atoms with E-state index in [9.17, 15) is 18.3 Å². The molecule has 11 heteroatoms. The third kappa shape index (κ3) is 11.0. The van der Waals surface area contributed by atoms with Crippen LogP contribution in [0.1, 0.15) is 46.1 Å². The van der Waals surface area contributed by atoms with Gasteiger partial charge in [-0.25, -0.2) is 4.79 Å². The van der Waals surface area contributed by atoms with Crippen molar-refractivity contribution >= 4 is 5.97 Å². The predicted octanol–water partition coefficient (Wildman–Crippen LogP) is 3.11. The molecule has 8 nitrogen and oxygen atoms in total. The molecule has 5 atom stereocenters. The van der Waals surface area contributed by atoms with Crippen LogP contribution in [0.5, 0.6) is 5.75 Å². The number of nitrogens with one attached hydrogen (secondary N) is 1. The normalized spacial score (nSPS) is 24.3. The third-order valence-electron chi connectivity index (χ3n) is 5.65. The molecule has 0 bridgehead atoms. The largest absolute Gasteiger partial charge is 0.493 e. The van der Waals surface area contributed by atoms with E-state index in [2.05, 4.69) is 26.1 Å². The van der Waals surface area contributed by atoms with Crippen LogP contribution in [0.15, 0.2) is 24.3 Å². The number of halogens is 3. The summed E-state index contributed by atoms with van der Waals surface area (Å²) in [6.07, 6.45) is -2.98. The topological polar surface area (TPSA) is 123 Å². The van der Waals surface area contributed by atoms with Gasteiger partial charge in [0, 0.05) is 6.04 Å². The molecule has 36 heavy (non-hydrogen) atoms. The van der Waals surface area contributed by atoms with Crippen LogP contribution < -0.4 is 15.8 Å². The number of benzene rings is 1.